The van der Waals surface area contributed by atoms with Gasteiger partial charge in [0.2, 0.25) is 5.91 Å². The molecule has 1 N–H and O–H groups in total. The van der Waals surface area contributed by atoms with Crippen molar-refractivity contribution in [2.45, 2.75) is 13.8 Å². The minimum absolute atomic E-state index is 0.0282. The zero-order valence-electron chi connectivity index (χ0n) is 15.8. The van der Waals surface area contributed by atoms with Gasteiger partial charge >= 0.3 is 0 Å². The summed E-state index contributed by atoms with van der Waals surface area (Å²) in [5, 5.41) is 2.85. The Hall–Kier alpha value is -3.02. The molecule has 6 heteroatoms. The smallest absolute Gasteiger partial charge is 0.262 e. The fraction of sp³-hybridized carbons (Fsp3) is 0.333. The Morgan fingerprint density at radius 2 is 1.67 bits per heavy atom. The first kappa shape index (κ1) is 18.8. The third-order valence-electron chi connectivity index (χ3n) is 4.69. The molecule has 0 radical (unpaired) electrons. The van der Waals surface area contributed by atoms with E-state index in [1.165, 1.54) is 0 Å². The fourth-order valence-electron chi connectivity index (χ4n) is 3.09. The van der Waals surface area contributed by atoms with Crippen LogP contribution < -0.4 is 15.0 Å². The van der Waals surface area contributed by atoms with Crippen molar-refractivity contribution < 1.29 is 14.3 Å². The van der Waals surface area contributed by atoms with Crippen LogP contribution in [-0.4, -0.2) is 49.5 Å². The number of nitrogens with one attached hydrogen (secondary N) is 1. The van der Waals surface area contributed by atoms with Crippen molar-refractivity contribution in [3.05, 3.63) is 54.1 Å². The summed E-state index contributed by atoms with van der Waals surface area (Å²) in [6, 6.07) is 15.4. The monoisotopic (exact) mass is 367 g/mol. The maximum absolute atomic E-state index is 12.1. The minimum Gasteiger partial charge on any atom is -0.483 e. The van der Waals surface area contributed by atoms with E-state index in [0.717, 1.165) is 43.1 Å². The molecule has 0 saturated carbocycles. The molecule has 0 aromatic heterocycles. The standard InChI is InChI=1S/C21H25N3O3/c1-16-5-3-4-6-20(16)27-15-21(26)22-18-7-9-19(10-8-18)24-13-11-23(12-14-24)17(2)25/h3-10H,11-15H2,1-2H3,(H,22,26). The van der Waals surface area contributed by atoms with E-state index in [4.69, 9.17) is 4.74 Å². The molecule has 3 rings (SSSR count). The van der Waals surface area contributed by atoms with Gasteiger partial charge in [-0.05, 0) is 42.8 Å². The first-order valence-corrected chi connectivity index (χ1v) is 9.12. The molecular weight excluding hydrogens is 342 g/mol. The SMILES string of the molecule is CC(=O)N1CCN(c2ccc(NC(=O)COc3ccccc3C)cc2)CC1. The second-order valence-corrected chi connectivity index (χ2v) is 6.64. The largest absolute Gasteiger partial charge is 0.483 e. The number of aryl methyl sites for hydroxylation is 1. The van der Waals surface area contributed by atoms with Crippen LogP contribution in [0.3, 0.4) is 0 Å². The molecule has 1 fully saturated rings. The van der Waals surface area contributed by atoms with Crippen LogP contribution in [0.25, 0.3) is 0 Å². The van der Waals surface area contributed by atoms with E-state index in [-0.39, 0.29) is 18.4 Å². The van der Waals surface area contributed by atoms with Crippen LogP contribution in [0.1, 0.15) is 12.5 Å². The van der Waals surface area contributed by atoms with Gasteiger partial charge in [0.1, 0.15) is 5.75 Å². The van der Waals surface area contributed by atoms with Gasteiger partial charge in [0.25, 0.3) is 5.91 Å². The molecule has 2 aromatic rings. The normalized spacial score (nSPS) is 14.0. The van der Waals surface area contributed by atoms with Crippen molar-refractivity contribution in [3.8, 4) is 5.75 Å². The summed E-state index contributed by atoms with van der Waals surface area (Å²) >= 11 is 0. The molecule has 2 aromatic carbocycles. The average molecular weight is 367 g/mol. The Morgan fingerprint density at radius 3 is 2.30 bits per heavy atom. The van der Waals surface area contributed by atoms with Gasteiger partial charge in [0.05, 0.1) is 0 Å². The number of carbonyl (C=O) groups is 2. The van der Waals surface area contributed by atoms with Crippen LogP contribution in [0.4, 0.5) is 11.4 Å². The molecule has 0 aliphatic carbocycles. The minimum atomic E-state index is -0.193. The fourth-order valence-corrected chi connectivity index (χ4v) is 3.09. The summed E-state index contributed by atoms with van der Waals surface area (Å²) in [6.07, 6.45) is 0. The highest BCUT2D eigenvalue weighted by molar-refractivity contribution is 5.92. The van der Waals surface area contributed by atoms with Crippen LogP contribution >= 0.6 is 0 Å². The Labute approximate surface area is 159 Å². The summed E-state index contributed by atoms with van der Waals surface area (Å²) in [6.45, 7) is 6.64. The number of hydrogen-bond donors (Lipinski definition) is 1. The highest BCUT2D eigenvalue weighted by Gasteiger charge is 2.18. The van der Waals surface area contributed by atoms with Gasteiger partial charge in [-0.1, -0.05) is 18.2 Å². The average Bonchev–Trinajstić information content (AvgIpc) is 2.68. The highest BCUT2D eigenvalue weighted by Crippen LogP contribution is 2.20. The molecule has 0 spiro atoms. The Balaban J connectivity index is 1.49. The number of nitrogens with zero attached hydrogens (tertiary/aromatic N) is 2. The van der Waals surface area contributed by atoms with E-state index < -0.39 is 0 Å². The van der Waals surface area contributed by atoms with E-state index in [2.05, 4.69) is 10.2 Å². The van der Waals surface area contributed by atoms with E-state index in [1.54, 1.807) is 6.92 Å². The number of carbonyl (C=O) groups excluding carboxylic acids is 2. The number of rotatable bonds is 5. The number of benzene rings is 2. The van der Waals surface area contributed by atoms with E-state index in [0.29, 0.717) is 5.75 Å². The number of para-hydroxylation sites is 1. The predicted molar refractivity (Wildman–Crippen MR) is 106 cm³/mol. The molecule has 0 atom stereocenters. The molecule has 1 saturated heterocycles. The lowest BCUT2D eigenvalue weighted by atomic mass is 10.2. The molecule has 0 unspecified atom stereocenters. The van der Waals surface area contributed by atoms with Gasteiger partial charge in [-0.15, -0.1) is 0 Å². The van der Waals surface area contributed by atoms with Gasteiger partial charge in [-0.3, -0.25) is 9.59 Å². The molecule has 142 valence electrons. The zero-order valence-corrected chi connectivity index (χ0v) is 15.8. The molecule has 0 bridgehead atoms. The number of hydrogen-bond acceptors (Lipinski definition) is 4. The molecule has 1 aliphatic heterocycles. The summed E-state index contributed by atoms with van der Waals surface area (Å²) < 4.78 is 5.57. The van der Waals surface area contributed by atoms with E-state index in [1.807, 2.05) is 60.4 Å². The van der Waals surface area contributed by atoms with Gasteiger partial charge in [-0.25, -0.2) is 0 Å². The number of anilines is 2. The van der Waals surface area contributed by atoms with Gasteiger partial charge in [-0.2, -0.15) is 0 Å². The van der Waals surface area contributed by atoms with Crippen molar-refractivity contribution in [2.75, 3.05) is 43.0 Å². The second kappa shape index (κ2) is 8.58. The molecule has 2 amide bonds. The van der Waals surface area contributed by atoms with E-state index in [9.17, 15) is 9.59 Å². The van der Waals surface area contributed by atoms with Crippen molar-refractivity contribution in [2.24, 2.45) is 0 Å². The second-order valence-electron chi connectivity index (χ2n) is 6.64. The van der Waals surface area contributed by atoms with Crippen molar-refractivity contribution in [3.63, 3.8) is 0 Å². The predicted octanol–water partition coefficient (Wildman–Crippen LogP) is 2.68. The van der Waals surface area contributed by atoms with Crippen molar-refractivity contribution in [1.29, 1.82) is 0 Å². The Bertz CT molecular complexity index is 797. The lowest BCUT2D eigenvalue weighted by Gasteiger charge is -2.35. The number of amides is 2. The number of piperazine rings is 1. The molecule has 1 aliphatic rings. The van der Waals surface area contributed by atoms with Crippen molar-refractivity contribution >= 4 is 23.2 Å². The molecule has 1 heterocycles. The van der Waals surface area contributed by atoms with Crippen LogP contribution in [0, 0.1) is 6.92 Å². The first-order valence-electron chi connectivity index (χ1n) is 9.12. The van der Waals surface area contributed by atoms with Crippen LogP contribution in [-0.2, 0) is 9.59 Å². The quantitative estimate of drug-likeness (QED) is 0.883. The topological polar surface area (TPSA) is 61.9 Å². The summed E-state index contributed by atoms with van der Waals surface area (Å²) in [5.41, 5.74) is 2.83. The lowest BCUT2D eigenvalue weighted by molar-refractivity contribution is -0.129. The molecule has 6 nitrogen and oxygen atoms in total. The van der Waals surface area contributed by atoms with Crippen molar-refractivity contribution in [1.82, 2.24) is 4.90 Å². The van der Waals surface area contributed by atoms with Gasteiger partial charge < -0.3 is 19.9 Å². The van der Waals surface area contributed by atoms with Gasteiger partial charge in [0.15, 0.2) is 6.61 Å². The summed E-state index contributed by atoms with van der Waals surface area (Å²) in [7, 11) is 0. The highest BCUT2D eigenvalue weighted by atomic mass is 16.5. The summed E-state index contributed by atoms with van der Waals surface area (Å²) in [5.74, 6) is 0.648. The lowest BCUT2D eigenvalue weighted by Crippen LogP contribution is -2.48. The Kier molecular flexibility index (Phi) is 5.96. The van der Waals surface area contributed by atoms with Crippen LogP contribution in [0.15, 0.2) is 48.5 Å². The maximum atomic E-state index is 12.1. The zero-order chi connectivity index (χ0) is 19.2. The maximum Gasteiger partial charge on any atom is 0.262 e. The summed E-state index contributed by atoms with van der Waals surface area (Å²) in [4.78, 5) is 27.6. The molecule has 27 heavy (non-hydrogen) atoms. The third kappa shape index (κ3) is 5.00. The Morgan fingerprint density at radius 1 is 1.00 bits per heavy atom. The van der Waals surface area contributed by atoms with E-state index >= 15 is 0 Å². The number of ether oxygens (including phenoxy) is 1. The van der Waals surface area contributed by atoms with Crippen LogP contribution in [0.5, 0.6) is 5.75 Å². The third-order valence-corrected chi connectivity index (χ3v) is 4.69. The van der Waals surface area contributed by atoms with Crippen LogP contribution in [0.2, 0.25) is 0 Å². The van der Waals surface area contributed by atoms with Gasteiger partial charge in [0, 0.05) is 44.5 Å². The first-order chi connectivity index (χ1) is 13.0. The molecular formula is C21H25N3O3.